The van der Waals surface area contributed by atoms with Gasteiger partial charge in [-0.3, -0.25) is 0 Å². The summed E-state index contributed by atoms with van der Waals surface area (Å²) < 4.78 is 30.2. The second-order valence-electron chi connectivity index (χ2n) is 6.68. The quantitative estimate of drug-likeness (QED) is 0.416. The summed E-state index contributed by atoms with van der Waals surface area (Å²) in [5.41, 5.74) is 1.62. The summed E-state index contributed by atoms with van der Waals surface area (Å²) >= 11 is 0. The van der Waals surface area contributed by atoms with Crippen LogP contribution in [0.4, 0.5) is 4.39 Å². The van der Waals surface area contributed by atoms with E-state index in [-0.39, 0.29) is 12.4 Å². The number of hydrogen-bond donors (Lipinski definition) is 0. The first kappa shape index (κ1) is 20.5. The molecule has 0 aliphatic heterocycles. The van der Waals surface area contributed by atoms with Crippen molar-refractivity contribution in [1.29, 1.82) is 0 Å². The molecule has 0 spiro atoms. The maximum atomic E-state index is 14.6. The van der Waals surface area contributed by atoms with E-state index in [0.29, 0.717) is 29.0 Å². The summed E-state index contributed by atoms with van der Waals surface area (Å²) in [4.78, 5) is 12.0. The fourth-order valence-electron chi connectivity index (χ4n) is 2.86. The number of carbonyl (C=O) groups excluding carboxylic acids is 1. The maximum Gasteiger partial charge on any atom is 0.337 e. The van der Waals surface area contributed by atoms with Crippen molar-refractivity contribution in [1.82, 2.24) is 0 Å². The zero-order valence-corrected chi connectivity index (χ0v) is 16.0. The Hall–Kier alpha value is -2.84. The largest absolute Gasteiger partial charge is 0.497 e. The van der Waals surface area contributed by atoms with Gasteiger partial charge < -0.3 is 14.2 Å². The van der Waals surface area contributed by atoms with E-state index in [1.54, 1.807) is 30.3 Å². The molecular formula is C22H23FO4. The summed E-state index contributed by atoms with van der Waals surface area (Å²) in [7, 11) is 2.84. The standard InChI is InChI=1S/C22H23FO4/c1-6-11-27-14-22(2,3)19-12-15(21(24)26-5)7-9-17(19)18-13-16(25-4)8-10-20(18)23/h1,7-10,12-13H,11,14H2,2-5H3. The molecule has 2 rings (SSSR count). The highest BCUT2D eigenvalue weighted by Gasteiger charge is 2.27. The zero-order valence-electron chi connectivity index (χ0n) is 16.0. The lowest BCUT2D eigenvalue weighted by molar-refractivity contribution is 0.0600. The molecule has 0 unspecified atom stereocenters. The van der Waals surface area contributed by atoms with Gasteiger partial charge in [0.05, 0.1) is 26.4 Å². The van der Waals surface area contributed by atoms with Gasteiger partial charge in [-0.1, -0.05) is 25.8 Å². The van der Waals surface area contributed by atoms with E-state index < -0.39 is 11.4 Å². The second kappa shape index (κ2) is 8.70. The molecule has 0 amide bonds. The molecular weight excluding hydrogens is 347 g/mol. The first-order valence-electron chi connectivity index (χ1n) is 8.42. The van der Waals surface area contributed by atoms with Crippen molar-refractivity contribution >= 4 is 5.97 Å². The fourth-order valence-corrected chi connectivity index (χ4v) is 2.86. The minimum Gasteiger partial charge on any atom is -0.497 e. The van der Waals surface area contributed by atoms with Crippen molar-refractivity contribution in [3.8, 4) is 29.2 Å². The number of terminal acetylenes is 1. The number of benzene rings is 2. The van der Waals surface area contributed by atoms with Crippen LogP contribution in [0.3, 0.4) is 0 Å². The zero-order chi connectivity index (χ0) is 20.0. The predicted octanol–water partition coefficient (Wildman–Crippen LogP) is 4.22. The van der Waals surface area contributed by atoms with Gasteiger partial charge in [0, 0.05) is 11.0 Å². The first-order chi connectivity index (χ1) is 12.8. The van der Waals surface area contributed by atoms with Crippen LogP contribution in [0.2, 0.25) is 0 Å². The molecule has 142 valence electrons. The van der Waals surface area contributed by atoms with Gasteiger partial charge in [0.25, 0.3) is 0 Å². The molecule has 0 heterocycles. The van der Waals surface area contributed by atoms with Crippen LogP contribution >= 0.6 is 0 Å². The van der Waals surface area contributed by atoms with Gasteiger partial charge in [-0.05, 0) is 41.5 Å². The number of hydrogen-bond acceptors (Lipinski definition) is 4. The molecule has 5 heteroatoms. The molecule has 0 saturated carbocycles. The molecule has 2 aromatic rings. The van der Waals surface area contributed by atoms with Crippen LogP contribution in [-0.2, 0) is 14.9 Å². The van der Waals surface area contributed by atoms with Crippen LogP contribution in [0.15, 0.2) is 36.4 Å². The Kier molecular flexibility index (Phi) is 6.59. The molecule has 0 aromatic heterocycles. The molecule has 0 saturated heterocycles. The van der Waals surface area contributed by atoms with E-state index in [1.807, 2.05) is 13.8 Å². The Bertz CT molecular complexity index is 865. The number of halogens is 1. The average Bonchev–Trinajstić information content (AvgIpc) is 2.67. The van der Waals surface area contributed by atoms with Crippen LogP contribution in [-0.4, -0.2) is 33.4 Å². The molecule has 0 bridgehead atoms. The summed E-state index contributed by atoms with van der Waals surface area (Å²) in [5, 5.41) is 0. The lowest BCUT2D eigenvalue weighted by Gasteiger charge is -2.28. The molecule has 0 N–H and O–H groups in total. The lowest BCUT2D eigenvalue weighted by Crippen LogP contribution is -2.26. The van der Waals surface area contributed by atoms with Gasteiger partial charge >= 0.3 is 5.97 Å². The highest BCUT2D eigenvalue weighted by atomic mass is 19.1. The van der Waals surface area contributed by atoms with Gasteiger partial charge in [-0.25, -0.2) is 9.18 Å². The first-order valence-corrected chi connectivity index (χ1v) is 8.42. The summed E-state index contributed by atoms with van der Waals surface area (Å²) in [6.07, 6.45) is 5.25. The Morgan fingerprint density at radius 3 is 2.52 bits per heavy atom. The lowest BCUT2D eigenvalue weighted by atomic mass is 9.79. The summed E-state index contributed by atoms with van der Waals surface area (Å²) in [5.74, 6) is 2.12. The smallest absolute Gasteiger partial charge is 0.337 e. The number of esters is 1. The number of carbonyl (C=O) groups is 1. The van der Waals surface area contributed by atoms with Crippen LogP contribution in [0, 0.1) is 18.2 Å². The maximum absolute atomic E-state index is 14.6. The Morgan fingerprint density at radius 1 is 1.15 bits per heavy atom. The molecule has 0 radical (unpaired) electrons. The van der Waals surface area contributed by atoms with Crippen molar-refractivity contribution in [3.05, 3.63) is 53.3 Å². The Labute approximate surface area is 159 Å². The van der Waals surface area contributed by atoms with E-state index in [0.717, 1.165) is 5.56 Å². The normalized spacial score (nSPS) is 11.0. The molecule has 0 aliphatic rings. The van der Waals surface area contributed by atoms with Crippen molar-refractivity contribution in [2.45, 2.75) is 19.3 Å². The monoisotopic (exact) mass is 370 g/mol. The predicted molar refractivity (Wildman–Crippen MR) is 102 cm³/mol. The molecule has 0 fully saturated rings. The fraction of sp³-hybridized carbons (Fsp3) is 0.318. The molecule has 0 atom stereocenters. The van der Waals surface area contributed by atoms with Crippen molar-refractivity contribution in [2.75, 3.05) is 27.4 Å². The number of ether oxygens (including phenoxy) is 3. The Balaban J connectivity index is 2.63. The van der Waals surface area contributed by atoms with Crippen LogP contribution < -0.4 is 4.74 Å². The van der Waals surface area contributed by atoms with Crippen LogP contribution in [0.25, 0.3) is 11.1 Å². The molecule has 0 aliphatic carbocycles. The third-order valence-electron chi connectivity index (χ3n) is 4.28. The van der Waals surface area contributed by atoms with Gasteiger partial charge in [0.1, 0.15) is 18.2 Å². The third-order valence-corrected chi connectivity index (χ3v) is 4.28. The van der Waals surface area contributed by atoms with Crippen molar-refractivity contribution in [2.24, 2.45) is 0 Å². The van der Waals surface area contributed by atoms with Crippen LogP contribution in [0.1, 0.15) is 29.8 Å². The van der Waals surface area contributed by atoms with Gasteiger partial charge in [0.2, 0.25) is 0 Å². The third kappa shape index (κ3) is 4.66. The van der Waals surface area contributed by atoms with Gasteiger partial charge in [-0.15, -0.1) is 6.42 Å². The number of rotatable bonds is 7. The average molecular weight is 370 g/mol. The highest BCUT2D eigenvalue weighted by molar-refractivity contribution is 5.91. The minimum atomic E-state index is -0.536. The van der Waals surface area contributed by atoms with Crippen molar-refractivity contribution < 1.29 is 23.4 Å². The molecule has 4 nitrogen and oxygen atoms in total. The van der Waals surface area contributed by atoms with Crippen molar-refractivity contribution in [3.63, 3.8) is 0 Å². The summed E-state index contributed by atoms with van der Waals surface area (Å²) in [6, 6.07) is 9.57. The van der Waals surface area contributed by atoms with E-state index in [1.165, 1.54) is 20.3 Å². The molecule has 27 heavy (non-hydrogen) atoms. The molecule has 2 aromatic carbocycles. The van der Waals surface area contributed by atoms with Crippen LogP contribution in [0.5, 0.6) is 5.75 Å². The summed E-state index contributed by atoms with van der Waals surface area (Å²) in [6.45, 7) is 4.37. The highest BCUT2D eigenvalue weighted by Crippen LogP contribution is 2.37. The van der Waals surface area contributed by atoms with E-state index in [4.69, 9.17) is 20.6 Å². The Morgan fingerprint density at radius 2 is 1.89 bits per heavy atom. The SMILES string of the molecule is C#CCOCC(C)(C)c1cc(C(=O)OC)ccc1-c1cc(OC)ccc1F. The van der Waals surface area contributed by atoms with Gasteiger partial charge in [0.15, 0.2) is 0 Å². The van der Waals surface area contributed by atoms with E-state index in [9.17, 15) is 9.18 Å². The van der Waals surface area contributed by atoms with Gasteiger partial charge in [-0.2, -0.15) is 0 Å². The van der Waals surface area contributed by atoms with E-state index in [2.05, 4.69) is 5.92 Å². The number of methoxy groups -OCH3 is 2. The second-order valence-corrected chi connectivity index (χ2v) is 6.68. The minimum absolute atomic E-state index is 0.170. The topological polar surface area (TPSA) is 44.8 Å². The van der Waals surface area contributed by atoms with E-state index >= 15 is 0 Å².